The lowest BCUT2D eigenvalue weighted by molar-refractivity contribution is -0.387. The Bertz CT molecular complexity index is 865. The molecule has 0 saturated heterocycles. The number of amides is 1. The van der Waals surface area contributed by atoms with Crippen LogP contribution < -0.4 is 5.32 Å². The fourth-order valence-corrected chi connectivity index (χ4v) is 2.43. The lowest BCUT2D eigenvalue weighted by atomic mass is 9.97. The number of nitrogens with zero attached hydrogens (tertiary/aromatic N) is 1. The number of carbonyl (C=O) groups is 1. The Labute approximate surface area is 149 Å². The van der Waals surface area contributed by atoms with E-state index in [1.165, 1.54) is 0 Å². The molecule has 0 aliphatic carbocycles. The minimum atomic E-state index is -1.04. The molecule has 7 heteroatoms. The number of benzene rings is 2. The van der Waals surface area contributed by atoms with E-state index < -0.39 is 16.4 Å². The molecule has 0 aliphatic rings. The SMILES string of the molecule is C=C(c1ccccc1Cl)c1cc([N+](=O)[O-])c(F)cc1NC(=O)C(C)C. The number of nitro benzene ring substituents is 1. The predicted octanol–water partition coefficient (Wildman–Crippen LogP) is 5.04. The van der Waals surface area contributed by atoms with Crippen LogP contribution in [0.2, 0.25) is 5.02 Å². The molecule has 0 saturated carbocycles. The maximum absolute atomic E-state index is 14.0. The average molecular weight is 363 g/mol. The van der Waals surface area contributed by atoms with Crippen molar-refractivity contribution in [2.24, 2.45) is 5.92 Å². The summed E-state index contributed by atoms with van der Waals surface area (Å²) in [5.74, 6) is -1.74. The van der Waals surface area contributed by atoms with Crippen molar-refractivity contribution in [3.8, 4) is 0 Å². The normalized spacial score (nSPS) is 10.6. The summed E-state index contributed by atoms with van der Waals surface area (Å²) in [5, 5.41) is 14.0. The third kappa shape index (κ3) is 4.03. The highest BCUT2D eigenvalue weighted by molar-refractivity contribution is 6.32. The quantitative estimate of drug-likeness (QED) is 0.598. The minimum absolute atomic E-state index is 0.103. The van der Waals surface area contributed by atoms with E-state index in [1.54, 1.807) is 38.1 Å². The van der Waals surface area contributed by atoms with Crippen LogP contribution in [0.4, 0.5) is 15.8 Å². The number of carbonyl (C=O) groups excluding carboxylic acids is 1. The number of nitrogens with one attached hydrogen (secondary N) is 1. The number of anilines is 1. The van der Waals surface area contributed by atoms with Crippen molar-refractivity contribution >= 4 is 34.5 Å². The standard InChI is InChI=1S/C18H16ClFN2O3/c1-10(2)18(23)21-16-9-15(20)17(22(24)25)8-13(16)11(3)12-6-4-5-7-14(12)19/h4-10H,3H2,1-2H3,(H,21,23). The van der Waals surface area contributed by atoms with E-state index >= 15 is 0 Å². The third-order valence-electron chi connectivity index (χ3n) is 3.59. The second-order valence-electron chi connectivity index (χ2n) is 5.71. The van der Waals surface area contributed by atoms with Crippen LogP contribution in [0, 0.1) is 21.8 Å². The molecule has 2 rings (SSSR count). The number of rotatable bonds is 5. The number of halogens is 2. The number of nitro groups is 1. The van der Waals surface area contributed by atoms with E-state index in [2.05, 4.69) is 11.9 Å². The van der Waals surface area contributed by atoms with Crippen LogP contribution in [0.25, 0.3) is 5.57 Å². The molecule has 1 N–H and O–H groups in total. The van der Waals surface area contributed by atoms with Crippen LogP contribution in [-0.4, -0.2) is 10.8 Å². The molecule has 0 aromatic heterocycles. The lowest BCUT2D eigenvalue weighted by Gasteiger charge is -2.16. The van der Waals surface area contributed by atoms with Gasteiger partial charge in [-0.2, -0.15) is 4.39 Å². The summed E-state index contributed by atoms with van der Waals surface area (Å²) in [6.45, 7) is 7.28. The molecule has 0 fully saturated rings. The zero-order chi connectivity index (χ0) is 18.7. The van der Waals surface area contributed by atoms with Crippen LogP contribution >= 0.6 is 11.6 Å². The van der Waals surface area contributed by atoms with Gasteiger partial charge >= 0.3 is 5.69 Å². The minimum Gasteiger partial charge on any atom is -0.325 e. The Balaban J connectivity index is 2.62. The van der Waals surface area contributed by atoms with Gasteiger partial charge in [0.25, 0.3) is 0 Å². The van der Waals surface area contributed by atoms with E-state index in [0.29, 0.717) is 16.2 Å². The van der Waals surface area contributed by atoms with Crippen LogP contribution in [0.3, 0.4) is 0 Å². The van der Waals surface area contributed by atoms with E-state index in [-0.39, 0.29) is 23.1 Å². The fourth-order valence-electron chi connectivity index (χ4n) is 2.18. The van der Waals surface area contributed by atoms with Crippen LogP contribution in [0.15, 0.2) is 43.0 Å². The molecule has 2 aromatic carbocycles. The second kappa shape index (κ2) is 7.44. The molecule has 0 heterocycles. The van der Waals surface area contributed by atoms with Crippen molar-refractivity contribution in [2.45, 2.75) is 13.8 Å². The van der Waals surface area contributed by atoms with E-state index in [4.69, 9.17) is 11.6 Å². The summed E-state index contributed by atoms with van der Waals surface area (Å²) in [6.07, 6.45) is 0. The van der Waals surface area contributed by atoms with Gasteiger partial charge in [0, 0.05) is 34.2 Å². The maximum atomic E-state index is 14.0. The molecule has 0 bridgehead atoms. The maximum Gasteiger partial charge on any atom is 0.305 e. The van der Waals surface area contributed by atoms with Gasteiger partial charge in [-0.3, -0.25) is 14.9 Å². The summed E-state index contributed by atoms with van der Waals surface area (Å²) >= 11 is 6.16. The van der Waals surface area contributed by atoms with Crippen LogP contribution in [0.5, 0.6) is 0 Å². The Morgan fingerprint density at radius 3 is 2.48 bits per heavy atom. The molecule has 0 atom stereocenters. The molecule has 0 radical (unpaired) electrons. The molecular formula is C18H16ClFN2O3. The average Bonchev–Trinajstić information content (AvgIpc) is 2.54. The van der Waals surface area contributed by atoms with Gasteiger partial charge in [0.15, 0.2) is 0 Å². The van der Waals surface area contributed by atoms with Crippen molar-refractivity contribution in [3.63, 3.8) is 0 Å². The van der Waals surface area contributed by atoms with E-state index in [1.807, 2.05) is 0 Å². The zero-order valence-corrected chi connectivity index (χ0v) is 14.4. The molecule has 130 valence electrons. The number of hydrogen-bond donors (Lipinski definition) is 1. The Morgan fingerprint density at radius 1 is 1.28 bits per heavy atom. The third-order valence-corrected chi connectivity index (χ3v) is 3.92. The fraction of sp³-hybridized carbons (Fsp3) is 0.167. The van der Waals surface area contributed by atoms with Gasteiger partial charge < -0.3 is 5.32 Å². The van der Waals surface area contributed by atoms with Crippen molar-refractivity contribution in [3.05, 3.63) is 75.1 Å². The molecular weight excluding hydrogens is 347 g/mol. The summed E-state index contributed by atoms with van der Waals surface area (Å²) in [6, 6.07) is 8.78. The Hall–Kier alpha value is -2.73. The zero-order valence-electron chi connectivity index (χ0n) is 13.7. The van der Waals surface area contributed by atoms with Crippen LogP contribution in [-0.2, 0) is 4.79 Å². The first-order chi connectivity index (χ1) is 11.7. The highest BCUT2D eigenvalue weighted by atomic mass is 35.5. The first kappa shape index (κ1) is 18.6. The highest BCUT2D eigenvalue weighted by Gasteiger charge is 2.22. The smallest absolute Gasteiger partial charge is 0.305 e. The lowest BCUT2D eigenvalue weighted by Crippen LogP contribution is -2.19. The molecule has 25 heavy (non-hydrogen) atoms. The summed E-state index contributed by atoms with van der Waals surface area (Å²) < 4.78 is 14.0. The largest absolute Gasteiger partial charge is 0.325 e. The van der Waals surface area contributed by atoms with Crippen molar-refractivity contribution in [1.29, 1.82) is 0 Å². The predicted molar refractivity (Wildman–Crippen MR) is 96.1 cm³/mol. The molecule has 0 spiro atoms. The van der Waals surface area contributed by atoms with Gasteiger partial charge in [0.2, 0.25) is 11.7 Å². The monoisotopic (exact) mass is 362 g/mol. The molecule has 0 aliphatic heterocycles. The number of hydrogen-bond acceptors (Lipinski definition) is 3. The summed E-state index contributed by atoms with van der Waals surface area (Å²) in [5.41, 5.74) is 0.505. The first-order valence-electron chi connectivity index (χ1n) is 7.45. The second-order valence-corrected chi connectivity index (χ2v) is 6.12. The van der Waals surface area contributed by atoms with Gasteiger partial charge in [-0.25, -0.2) is 0 Å². The summed E-state index contributed by atoms with van der Waals surface area (Å²) in [7, 11) is 0. The van der Waals surface area contributed by atoms with E-state index in [0.717, 1.165) is 12.1 Å². The van der Waals surface area contributed by atoms with Gasteiger partial charge in [-0.1, -0.05) is 50.2 Å². The van der Waals surface area contributed by atoms with Crippen molar-refractivity contribution < 1.29 is 14.1 Å². The van der Waals surface area contributed by atoms with Gasteiger partial charge in [0.05, 0.1) is 10.6 Å². The molecule has 5 nitrogen and oxygen atoms in total. The van der Waals surface area contributed by atoms with Crippen LogP contribution in [0.1, 0.15) is 25.0 Å². The molecule has 0 unspecified atom stereocenters. The van der Waals surface area contributed by atoms with Crippen molar-refractivity contribution in [1.82, 2.24) is 0 Å². The molecule has 1 amide bonds. The van der Waals surface area contributed by atoms with Gasteiger partial charge in [0.1, 0.15) is 0 Å². The van der Waals surface area contributed by atoms with Crippen molar-refractivity contribution in [2.75, 3.05) is 5.32 Å². The Kier molecular flexibility index (Phi) is 5.54. The highest BCUT2D eigenvalue weighted by Crippen LogP contribution is 2.36. The molecule has 2 aromatic rings. The summed E-state index contributed by atoms with van der Waals surface area (Å²) in [4.78, 5) is 22.2. The van der Waals surface area contributed by atoms with Gasteiger partial charge in [-0.05, 0) is 11.6 Å². The first-order valence-corrected chi connectivity index (χ1v) is 7.83. The van der Waals surface area contributed by atoms with Gasteiger partial charge in [-0.15, -0.1) is 0 Å². The Morgan fingerprint density at radius 2 is 1.92 bits per heavy atom. The van der Waals surface area contributed by atoms with E-state index in [9.17, 15) is 19.3 Å². The topological polar surface area (TPSA) is 72.2 Å².